The van der Waals surface area contributed by atoms with Crippen molar-refractivity contribution in [3.05, 3.63) is 101 Å². The molecule has 0 heterocycles. The van der Waals surface area contributed by atoms with E-state index in [0.717, 1.165) is 21.2 Å². The maximum atomic E-state index is 6.43. The Morgan fingerprint density at radius 1 is 0.846 bits per heavy atom. The highest BCUT2D eigenvalue weighted by Gasteiger charge is 2.07. The number of aliphatic imine (C=N–C) groups is 1. The lowest BCUT2D eigenvalue weighted by atomic mass is 10.2. The second-order valence-electron chi connectivity index (χ2n) is 6.04. The van der Waals surface area contributed by atoms with Crippen molar-refractivity contribution in [1.29, 1.82) is 0 Å². The van der Waals surface area contributed by atoms with Crippen molar-refractivity contribution in [3.8, 4) is 0 Å². The third-order valence-corrected chi connectivity index (χ3v) is 5.28. The molecule has 0 aliphatic carbocycles. The summed E-state index contributed by atoms with van der Waals surface area (Å²) in [5.74, 6) is 0. The van der Waals surface area contributed by atoms with Gasteiger partial charge in [-0.25, -0.2) is 0 Å². The summed E-state index contributed by atoms with van der Waals surface area (Å²) in [6.07, 6.45) is 3.86. The standard InChI is InChI=1S/C23H20ClNS/c1-17-7-11-19(12-8-17)25-16-15-23(21-5-3-4-6-22(21)24)26-20-13-9-18(2)10-14-20/h3-16H,1-2H3. The summed E-state index contributed by atoms with van der Waals surface area (Å²) in [6.45, 7) is 4.16. The second-order valence-corrected chi connectivity index (χ2v) is 7.56. The molecule has 0 spiro atoms. The lowest BCUT2D eigenvalue weighted by molar-refractivity contribution is 1.38. The van der Waals surface area contributed by atoms with Gasteiger partial charge in [-0.3, -0.25) is 4.99 Å². The molecule has 3 rings (SSSR count). The number of allylic oxidation sites excluding steroid dienone is 1. The minimum absolute atomic E-state index is 0.738. The van der Waals surface area contributed by atoms with E-state index < -0.39 is 0 Å². The Bertz CT molecular complexity index is 925. The average Bonchev–Trinajstić information content (AvgIpc) is 2.65. The van der Waals surface area contributed by atoms with Crippen molar-refractivity contribution >= 4 is 40.2 Å². The maximum Gasteiger partial charge on any atom is 0.0629 e. The van der Waals surface area contributed by atoms with E-state index in [9.17, 15) is 0 Å². The molecule has 0 fully saturated rings. The Hall–Kier alpha value is -2.29. The molecule has 0 bridgehead atoms. The molecule has 3 heteroatoms. The van der Waals surface area contributed by atoms with Crippen LogP contribution in [-0.4, -0.2) is 6.21 Å². The summed E-state index contributed by atoms with van der Waals surface area (Å²) in [5.41, 5.74) is 4.42. The number of nitrogens with zero attached hydrogens (tertiary/aromatic N) is 1. The molecular formula is C23H20ClNS. The van der Waals surface area contributed by atoms with Crippen LogP contribution in [0.2, 0.25) is 5.02 Å². The summed E-state index contributed by atoms with van der Waals surface area (Å²) in [4.78, 5) is 6.78. The van der Waals surface area contributed by atoms with E-state index in [0.29, 0.717) is 0 Å². The first-order chi connectivity index (χ1) is 12.6. The molecule has 3 aromatic rings. The topological polar surface area (TPSA) is 12.4 Å². The zero-order valence-electron chi connectivity index (χ0n) is 14.8. The zero-order valence-corrected chi connectivity index (χ0v) is 16.4. The fourth-order valence-electron chi connectivity index (χ4n) is 2.39. The van der Waals surface area contributed by atoms with Crippen LogP contribution in [0.3, 0.4) is 0 Å². The predicted octanol–water partition coefficient (Wildman–Crippen LogP) is 7.49. The van der Waals surface area contributed by atoms with Gasteiger partial charge in [0, 0.05) is 26.6 Å². The molecule has 0 radical (unpaired) electrons. The molecule has 0 N–H and O–H groups in total. The zero-order chi connectivity index (χ0) is 18.4. The van der Waals surface area contributed by atoms with Crippen molar-refractivity contribution in [2.75, 3.05) is 0 Å². The maximum absolute atomic E-state index is 6.43. The number of hydrogen-bond acceptors (Lipinski definition) is 2. The summed E-state index contributed by atoms with van der Waals surface area (Å²) in [5, 5.41) is 0.738. The predicted molar refractivity (Wildman–Crippen MR) is 116 cm³/mol. The van der Waals surface area contributed by atoms with Crippen LogP contribution in [0.5, 0.6) is 0 Å². The molecule has 0 saturated carbocycles. The second kappa shape index (κ2) is 8.88. The van der Waals surface area contributed by atoms with Crippen LogP contribution in [0.1, 0.15) is 16.7 Å². The first-order valence-electron chi connectivity index (χ1n) is 8.42. The largest absolute Gasteiger partial charge is 0.257 e. The van der Waals surface area contributed by atoms with Gasteiger partial charge in [0.2, 0.25) is 0 Å². The van der Waals surface area contributed by atoms with Crippen molar-refractivity contribution in [1.82, 2.24) is 0 Å². The van der Waals surface area contributed by atoms with E-state index in [1.54, 1.807) is 11.8 Å². The van der Waals surface area contributed by atoms with Crippen molar-refractivity contribution < 1.29 is 0 Å². The van der Waals surface area contributed by atoms with Crippen molar-refractivity contribution in [2.45, 2.75) is 18.7 Å². The summed E-state index contributed by atoms with van der Waals surface area (Å²) >= 11 is 8.11. The Balaban J connectivity index is 1.90. The van der Waals surface area contributed by atoms with Crippen LogP contribution in [-0.2, 0) is 0 Å². The fourth-order valence-corrected chi connectivity index (χ4v) is 3.63. The van der Waals surface area contributed by atoms with Gasteiger partial charge in [0.15, 0.2) is 0 Å². The first kappa shape index (κ1) is 18.5. The highest BCUT2D eigenvalue weighted by molar-refractivity contribution is 8.08. The molecule has 0 unspecified atom stereocenters. The molecule has 0 aromatic heterocycles. The van der Waals surface area contributed by atoms with Crippen molar-refractivity contribution in [2.24, 2.45) is 4.99 Å². The van der Waals surface area contributed by atoms with Gasteiger partial charge in [-0.2, -0.15) is 0 Å². The molecule has 130 valence electrons. The Morgan fingerprint density at radius 2 is 1.46 bits per heavy atom. The number of aryl methyl sites for hydroxylation is 2. The molecule has 26 heavy (non-hydrogen) atoms. The number of hydrogen-bond donors (Lipinski definition) is 0. The molecular weight excluding hydrogens is 358 g/mol. The molecule has 0 atom stereocenters. The van der Waals surface area contributed by atoms with Gasteiger partial charge in [0.25, 0.3) is 0 Å². The van der Waals surface area contributed by atoms with E-state index in [1.165, 1.54) is 16.0 Å². The number of halogens is 1. The summed E-state index contributed by atoms with van der Waals surface area (Å²) in [7, 11) is 0. The van der Waals surface area contributed by atoms with E-state index in [2.05, 4.69) is 55.2 Å². The van der Waals surface area contributed by atoms with Crippen LogP contribution in [0.4, 0.5) is 5.69 Å². The minimum atomic E-state index is 0.738. The van der Waals surface area contributed by atoms with Gasteiger partial charge < -0.3 is 0 Å². The van der Waals surface area contributed by atoms with E-state index in [4.69, 9.17) is 11.6 Å². The van der Waals surface area contributed by atoms with Crippen LogP contribution in [0.15, 0.2) is 88.8 Å². The van der Waals surface area contributed by atoms with Crippen LogP contribution >= 0.6 is 23.4 Å². The smallest absolute Gasteiger partial charge is 0.0629 e. The Labute approximate surface area is 164 Å². The van der Waals surface area contributed by atoms with Gasteiger partial charge in [-0.05, 0) is 50.3 Å². The molecule has 3 aromatic carbocycles. The quantitative estimate of drug-likeness (QED) is 0.331. The molecule has 0 saturated heterocycles. The first-order valence-corrected chi connectivity index (χ1v) is 9.62. The lowest BCUT2D eigenvalue weighted by Crippen LogP contribution is -1.84. The van der Waals surface area contributed by atoms with Crippen LogP contribution in [0.25, 0.3) is 4.91 Å². The normalized spacial score (nSPS) is 11.9. The van der Waals surface area contributed by atoms with Gasteiger partial charge >= 0.3 is 0 Å². The minimum Gasteiger partial charge on any atom is -0.257 e. The van der Waals surface area contributed by atoms with E-state index in [1.807, 2.05) is 48.7 Å². The molecule has 1 nitrogen and oxygen atoms in total. The summed E-state index contributed by atoms with van der Waals surface area (Å²) in [6, 6.07) is 24.5. The van der Waals surface area contributed by atoms with Gasteiger partial charge in [-0.1, -0.05) is 77.0 Å². The Kier molecular flexibility index (Phi) is 6.32. The van der Waals surface area contributed by atoms with Crippen molar-refractivity contribution in [3.63, 3.8) is 0 Å². The number of rotatable bonds is 5. The van der Waals surface area contributed by atoms with Gasteiger partial charge in [-0.15, -0.1) is 0 Å². The fraction of sp³-hybridized carbons (Fsp3) is 0.0870. The van der Waals surface area contributed by atoms with Crippen LogP contribution in [0, 0.1) is 13.8 Å². The number of thioether (sulfide) groups is 1. The highest BCUT2D eigenvalue weighted by atomic mass is 35.5. The third-order valence-electron chi connectivity index (χ3n) is 3.87. The third kappa shape index (κ3) is 5.10. The average molecular weight is 378 g/mol. The van der Waals surface area contributed by atoms with E-state index in [-0.39, 0.29) is 0 Å². The SMILES string of the molecule is Cc1ccc(N=CC=C(Sc2ccc(C)cc2)c2ccccc2Cl)cc1. The monoisotopic (exact) mass is 377 g/mol. The van der Waals surface area contributed by atoms with Gasteiger partial charge in [0.1, 0.15) is 0 Å². The molecule has 0 aliphatic heterocycles. The van der Waals surface area contributed by atoms with Gasteiger partial charge in [0.05, 0.1) is 5.69 Å². The molecule has 0 aliphatic rings. The lowest BCUT2D eigenvalue weighted by Gasteiger charge is -2.09. The van der Waals surface area contributed by atoms with E-state index >= 15 is 0 Å². The summed E-state index contributed by atoms with van der Waals surface area (Å²) < 4.78 is 0. The molecule has 0 amide bonds. The highest BCUT2D eigenvalue weighted by Crippen LogP contribution is 2.37. The Morgan fingerprint density at radius 3 is 2.12 bits per heavy atom. The number of benzene rings is 3. The van der Waals surface area contributed by atoms with Crippen LogP contribution < -0.4 is 0 Å².